The van der Waals surface area contributed by atoms with E-state index >= 15 is 0 Å². The Hall–Kier alpha value is -2.51. The number of thioether (sulfide) groups is 1. The van der Waals surface area contributed by atoms with E-state index in [4.69, 9.17) is 17.4 Å². The van der Waals surface area contributed by atoms with Crippen molar-refractivity contribution in [2.75, 3.05) is 19.9 Å². The number of hydrogen-bond donors (Lipinski definition) is 1. The summed E-state index contributed by atoms with van der Waals surface area (Å²) in [6.07, 6.45) is 0. The molecule has 0 saturated heterocycles. The molecule has 0 bridgehead atoms. The van der Waals surface area contributed by atoms with E-state index in [-0.39, 0.29) is 5.91 Å². The summed E-state index contributed by atoms with van der Waals surface area (Å²) in [5, 5.41) is 9.46. The Morgan fingerprint density at radius 2 is 1.85 bits per heavy atom. The first-order valence-electron chi connectivity index (χ1n) is 7.86. The van der Waals surface area contributed by atoms with Gasteiger partial charge in [-0.05, 0) is 29.8 Å². The van der Waals surface area contributed by atoms with Gasteiger partial charge in [-0.2, -0.15) is 0 Å². The van der Waals surface area contributed by atoms with Gasteiger partial charge in [0.1, 0.15) is 0 Å². The van der Waals surface area contributed by atoms with Crippen molar-refractivity contribution < 1.29 is 4.79 Å². The summed E-state index contributed by atoms with van der Waals surface area (Å²) in [5.74, 6) is 7.29. The first-order chi connectivity index (χ1) is 12.5. The average molecular weight is 388 g/mol. The molecule has 26 heavy (non-hydrogen) atoms. The Kier molecular flexibility index (Phi) is 5.49. The summed E-state index contributed by atoms with van der Waals surface area (Å²) < 4.78 is 1.44. The van der Waals surface area contributed by atoms with Crippen molar-refractivity contribution in [3.05, 3.63) is 64.7 Å². The highest BCUT2D eigenvalue weighted by Crippen LogP contribution is 2.28. The highest BCUT2D eigenvalue weighted by molar-refractivity contribution is 7.98. The second-order valence-electron chi connectivity index (χ2n) is 5.84. The van der Waals surface area contributed by atoms with Crippen molar-refractivity contribution in [3.8, 4) is 11.4 Å². The van der Waals surface area contributed by atoms with Gasteiger partial charge in [-0.15, -0.1) is 10.2 Å². The van der Waals surface area contributed by atoms with Crippen molar-refractivity contribution in [1.82, 2.24) is 19.8 Å². The lowest BCUT2D eigenvalue weighted by molar-refractivity contribution is 0.0827. The molecule has 2 aromatic carbocycles. The van der Waals surface area contributed by atoms with E-state index in [2.05, 4.69) is 10.2 Å². The van der Waals surface area contributed by atoms with E-state index in [1.807, 2.05) is 42.5 Å². The third-order valence-corrected chi connectivity index (χ3v) is 5.10. The topological polar surface area (TPSA) is 77.0 Å². The third-order valence-electron chi connectivity index (χ3n) is 3.75. The highest BCUT2D eigenvalue weighted by atomic mass is 35.5. The molecule has 1 amide bonds. The second-order valence-corrected chi connectivity index (χ2v) is 7.19. The maximum absolute atomic E-state index is 11.9. The van der Waals surface area contributed by atoms with Crippen LogP contribution < -0.4 is 5.84 Å². The molecule has 0 atom stereocenters. The number of nitrogens with two attached hydrogens (primary N) is 1. The SMILES string of the molecule is CN(C)C(=O)c1ccc(CSc2nnc(-c3ccccc3Cl)n2N)cc1. The predicted octanol–water partition coefficient (Wildman–Crippen LogP) is 3.31. The van der Waals surface area contributed by atoms with Crippen molar-refractivity contribution in [2.24, 2.45) is 0 Å². The fourth-order valence-electron chi connectivity index (χ4n) is 2.35. The largest absolute Gasteiger partial charge is 0.345 e. The van der Waals surface area contributed by atoms with E-state index in [0.29, 0.717) is 27.3 Å². The quantitative estimate of drug-likeness (QED) is 0.536. The van der Waals surface area contributed by atoms with Crippen LogP contribution in [0.4, 0.5) is 0 Å². The van der Waals surface area contributed by atoms with Crippen LogP contribution in [-0.4, -0.2) is 39.8 Å². The molecule has 0 spiro atoms. The number of hydrogen-bond acceptors (Lipinski definition) is 5. The number of carbonyl (C=O) groups excluding carboxylic acids is 1. The van der Waals surface area contributed by atoms with Gasteiger partial charge in [0.2, 0.25) is 5.16 Å². The summed E-state index contributed by atoms with van der Waals surface area (Å²) in [5.41, 5.74) is 2.46. The molecule has 0 aliphatic heterocycles. The van der Waals surface area contributed by atoms with Crippen LogP contribution in [0.2, 0.25) is 5.02 Å². The maximum atomic E-state index is 11.9. The molecule has 0 unspecified atom stereocenters. The molecule has 1 aromatic heterocycles. The fraction of sp³-hybridized carbons (Fsp3) is 0.167. The molecular formula is C18H18ClN5OS. The zero-order valence-corrected chi connectivity index (χ0v) is 16.0. The van der Waals surface area contributed by atoms with Gasteiger partial charge in [-0.3, -0.25) is 4.79 Å². The molecule has 8 heteroatoms. The molecule has 6 nitrogen and oxygen atoms in total. The van der Waals surface area contributed by atoms with Gasteiger partial charge in [-0.25, -0.2) is 4.68 Å². The van der Waals surface area contributed by atoms with Gasteiger partial charge in [0.15, 0.2) is 5.82 Å². The maximum Gasteiger partial charge on any atom is 0.253 e. The average Bonchev–Trinajstić information content (AvgIpc) is 3.00. The number of nitrogen functional groups attached to an aromatic ring is 1. The fourth-order valence-corrected chi connectivity index (χ4v) is 3.38. The molecule has 0 fully saturated rings. The Labute approximate surface area is 160 Å². The number of carbonyl (C=O) groups is 1. The van der Waals surface area contributed by atoms with Crippen LogP contribution in [0.3, 0.4) is 0 Å². The van der Waals surface area contributed by atoms with Gasteiger partial charge >= 0.3 is 0 Å². The number of nitrogens with zero attached hydrogens (tertiary/aromatic N) is 4. The van der Waals surface area contributed by atoms with Crippen LogP contribution in [0.25, 0.3) is 11.4 Å². The molecule has 0 aliphatic carbocycles. The van der Waals surface area contributed by atoms with Crippen LogP contribution in [0.15, 0.2) is 53.7 Å². The van der Waals surface area contributed by atoms with Gasteiger partial charge in [-0.1, -0.05) is 47.6 Å². The smallest absolute Gasteiger partial charge is 0.253 e. The first kappa shape index (κ1) is 18.3. The Morgan fingerprint density at radius 3 is 2.50 bits per heavy atom. The van der Waals surface area contributed by atoms with E-state index in [0.717, 1.165) is 11.1 Å². The molecule has 1 heterocycles. The van der Waals surface area contributed by atoms with Crippen LogP contribution >= 0.6 is 23.4 Å². The van der Waals surface area contributed by atoms with Crippen LogP contribution in [0.5, 0.6) is 0 Å². The van der Waals surface area contributed by atoms with E-state index in [9.17, 15) is 4.79 Å². The Bertz CT molecular complexity index is 924. The van der Waals surface area contributed by atoms with Gasteiger partial charge < -0.3 is 10.7 Å². The summed E-state index contributed by atoms with van der Waals surface area (Å²) in [7, 11) is 3.47. The number of benzene rings is 2. The summed E-state index contributed by atoms with van der Waals surface area (Å²) in [6, 6.07) is 14.9. The van der Waals surface area contributed by atoms with E-state index in [1.54, 1.807) is 25.1 Å². The van der Waals surface area contributed by atoms with Crippen molar-refractivity contribution in [2.45, 2.75) is 10.9 Å². The molecule has 3 rings (SSSR count). The number of halogens is 1. The van der Waals surface area contributed by atoms with Gasteiger partial charge in [0, 0.05) is 31.0 Å². The lowest BCUT2D eigenvalue weighted by atomic mass is 10.1. The Balaban J connectivity index is 1.71. The lowest BCUT2D eigenvalue weighted by Crippen LogP contribution is -2.21. The zero-order chi connectivity index (χ0) is 18.7. The van der Waals surface area contributed by atoms with E-state index < -0.39 is 0 Å². The van der Waals surface area contributed by atoms with Crippen LogP contribution in [0, 0.1) is 0 Å². The van der Waals surface area contributed by atoms with Crippen molar-refractivity contribution in [1.29, 1.82) is 0 Å². The summed E-state index contributed by atoms with van der Waals surface area (Å²) in [4.78, 5) is 13.5. The minimum Gasteiger partial charge on any atom is -0.345 e. The third kappa shape index (κ3) is 3.84. The number of amides is 1. The van der Waals surface area contributed by atoms with Crippen LogP contribution in [0.1, 0.15) is 15.9 Å². The minimum atomic E-state index is -0.0183. The molecular weight excluding hydrogens is 370 g/mol. The molecule has 3 aromatic rings. The van der Waals surface area contributed by atoms with Crippen LogP contribution in [-0.2, 0) is 5.75 Å². The zero-order valence-electron chi connectivity index (χ0n) is 14.4. The van der Waals surface area contributed by atoms with Crippen molar-refractivity contribution in [3.63, 3.8) is 0 Å². The Morgan fingerprint density at radius 1 is 1.15 bits per heavy atom. The van der Waals surface area contributed by atoms with Gasteiger partial charge in [0.25, 0.3) is 5.91 Å². The molecule has 0 aliphatic rings. The first-order valence-corrected chi connectivity index (χ1v) is 9.22. The van der Waals surface area contributed by atoms with Crippen molar-refractivity contribution >= 4 is 29.3 Å². The highest BCUT2D eigenvalue weighted by Gasteiger charge is 2.14. The lowest BCUT2D eigenvalue weighted by Gasteiger charge is -2.10. The second kappa shape index (κ2) is 7.80. The molecule has 134 valence electrons. The number of aromatic nitrogens is 3. The predicted molar refractivity (Wildman–Crippen MR) is 105 cm³/mol. The molecule has 0 saturated carbocycles. The minimum absolute atomic E-state index is 0.0183. The molecule has 0 radical (unpaired) electrons. The summed E-state index contributed by atoms with van der Waals surface area (Å²) >= 11 is 7.67. The monoisotopic (exact) mass is 387 g/mol. The standard InChI is InChI=1S/C18H18ClN5OS/c1-23(2)17(25)13-9-7-12(8-10-13)11-26-18-22-21-16(24(18)20)14-5-3-4-6-15(14)19/h3-10H,11,20H2,1-2H3. The van der Waals surface area contributed by atoms with E-state index in [1.165, 1.54) is 16.4 Å². The summed E-state index contributed by atoms with van der Waals surface area (Å²) in [6.45, 7) is 0. The number of rotatable bonds is 5. The normalized spacial score (nSPS) is 10.7. The molecule has 2 N–H and O–H groups in total. The van der Waals surface area contributed by atoms with Gasteiger partial charge in [0.05, 0.1) is 5.02 Å².